The molecule has 0 spiro atoms. The van der Waals surface area contributed by atoms with Gasteiger partial charge in [0, 0.05) is 13.2 Å². The maximum atomic E-state index is 5.79. The Labute approximate surface area is 123 Å². The van der Waals surface area contributed by atoms with Gasteiger partial charge in [-0.25, -0.2) is 0 Å². The van der Waals surface area contributed by atoms with Crippen LogP contribution in [0, 0.1) is 0 Å². The van der Waals surface area contributed by atoms with Crippen LogP contribution in [0.5, 0.6) is 5.75 Å². The van der Waals surface area contributed by atoms with E-state index in [4.69, 9.17) is 9.47 Å². The number of hydrogen-bond donors (Lipinski definition) is 1. The Morgan fingerprint density at radius 3 is 2.45 bits per heavy atom. The van der Waals surface area contributed by atoms with Crippen molar-refractivity contribution in [2.75, 3.05) is 20.8 Å². The van der Waals surface area contributed by atoms with E-state index in [9.17, 15) is 0 Å². The quantitative estimate of drug-likeness (QED) is 0.751. The molecule has 0 aliphatic rings. The lowest BCUT2D eigenvalue weighted by molar-refractivity contribution is -0.0288. The molecular weight excluding hydrogens is 250 g/mol. The highest BCUT2D eigenvalue weighted by molar-refractivity contribution is 5.34. The summed E-state index contributed by atoms with van der Waals surface area (Å²) >= 11 is 0. The highest BCUT2D eigenvalue weighted by Gasteiger charge is 2.32. The van der Waals surface area contributed by atoms with E-state index in [1.807, 2.05) is 12.1 Å². The van der Waals surface area contributed by atoms with Gasteiger partial charge in [-0.15, -0.1) is 0 Å². The monoisotopic (exact) mass is 279 g/mol. The molecular formula is C17H29NO2. The second kappa shape index (κ2) is 8.28. The molecule has 2 atom stereocenters. The van der Waals surface area contributed by atoms with E-state index < -0.39 is 0 Å². The van der Waals surface area contributed by atoms with Crippen molar-refractivity contribution in [2.45, 2.75) is 51.7 Å². The fourth-order valence-corrected chi connectivity index (χ4v) is 2.45. The standard InChI is InChI=1S/C17H29NO2/c1-6-12-18-16(17(3,7-2)20-5)13-14-10-8-9-11-15(14)19-4/h8-11,16,18H,6-7,12-13H2,1-5H3. The topological polar surface area (TPSA) is 30.5 Å². The molecule has 0 amide bonds. The molecule has 0 fully saturated rings. The predicted molar refractivity (Wildman–Crippen MR) is 84.5 cm³/mol. The lowest BCUT2D eigenvalue weighted by Gasteiger charge is -2.37. The van der Waals surface area contributed by atoms with Crippen molar-refractivity contribution < 1.29 is 9.47 Å². The Morgan fingerprint density at radius 1 is 1.20 bits per heavy atom. The number of benzene rings is 1. The molecule has 1 aromatic carbocycles. The summed E-state index contributed by atoms with van der Waals surface area (Å²) in [6.07, 6.45) is 2.99. The van der Waals surface area contributed by atoms with Gasteiger partial charge in [-0.3, -0.25) is 0 Å². The Balaban J connectivity index is 2.94. The van der Waals surface area contributed by atoms with E-state index in [1.165, 1.54) is 5.56 Å². The van der Waals surface area contributed by atoms with Crippen LogP contribution in [0.3, 0.4) is 0 Å². The summed E-state index contributed by atoms with van der Waals surface area (Å²) in [5, 5.41) is 3.63. The summed E-state index contributed by atoms with van der Waals surface area (Å²) in [6, 6.07) is 8.48. The van der Waals surface area contributed by atoms with Crippen LogP contribution in [0.1, 0.15) is 39.2 Å². The fraction of sp³-hybridized carbons (Fsp3) is 0.647. The molecule has 3 nitrogen and oxygen atoms in total. The second-order valence-electron chi connectivity index (χ2n) is 5.39. The van der Waals surface area contributed by atoms with Crippen LogP contribution in [0.4, 0.5) is 0 Å². The molecule has 2 unspecified atom stereocenters. The first-order valence-electron chi connectivity index (χ1n) is 7.51. The molecule has 0 aliphatic heterocycles. The minimum absolute atomic E-state index is 0.171. The van der Waals surface area contributed by atoms with Gasteiger partial charge in [-0.2, -0.15) is 0 Å². The van der Waals surface area contributed by atoms with Crippen LogP contribution in [-0.4, -0.2) is 32.4 Å². The van der Waals surface area contributed by atoms with Crippen LogP contribution in [0.2, 0.25) is 0 Å². The number of nitrogens with one attached hydrogen (secondary N) is 1. The van der Waals surface area contributed by atoms with Crippen molar-refractivity contribution in [2.24, 2.45) is 0 Å². The Bertz CT molecular complexity index is 388. The van der Waals surface area contributed by atoms with Crippen molar-refractivity contribution in [1.29, 1.82) is 0 Å². The molecule has 0 bridgehead atoms. The van der Waals surface area contributed by atoms with E-state index >= 15 is 0 Å². The zero-order valence-corrected chi connectivity index (χ0v) is 13.5. The molecule has 0 radical (unpaired) electrons. The first-order valence-corrected chi connectivity index (χ1v) is 7.51. The van der Waals surface area contributed by atoms with Crippen LogP contribution in [0.15, 0.2) is 24.3 Å². The average molecular weight is 279 g/mol. The molecule has 20 heavy (non-hydrogen) atoms. The van der Waals surface area contributed by atoms with Crippen LogP contribution in [0.25, 0.3) is 0 Å². The Hall–Kier alpha value is -1.06. The summed E-state index contributed by atoms with van der Waals surface area (Å²) in [6.45, 7) is 7.53. The van der Waals surface area contributed by atoms with Gasteiger partial charge in [-0.05, 0) is 44.4 Å². The first kappa shape index (κ1) is 17.0. The van der Waals surface area contributed by atoms with E-state index in [0.29, 0.717) is 0 Å². The van der Waals surface area contributed by atoms with Gasteiger partial charge in [0.25, 0.3) is 0 Å². The maximum absolute atomic E-state index is 5.79. The van der Waals surface area contributed by atoms with Crippen LogP contribution < -0.4 is 10.1 Å². The third-order valence-corrected chi connectivity index (χ3v) is 4.16. The lowest BCUT2D eigenvalue weighted by atomic mass is 9.88. The second-order valence-corrected chi connectivity index (χ2v) is 5.39. The van der Waals surface area contributed by atoms with Gasteiger partial charge >= 0.3 is 0 Å². The van der Waals surface area contributed by atoms with E-state index in [1.54, 1.807) is 14.2 Å². The zero-order valence-electron chi connectivity index (χ0n) is 13.5. The summed E-state index contributed by atoms with van der Waals surface area (Å²) in [5.74, 6) is 0.949. The number of ether oxygens (including phenoxy) is 2. The van der Waals surface area contributed by atoms with Crippen molar-refractivity contribution in [3.05, 3.63) is 29.8 Å². The average Bonchev–Trinajstić information content (AvgIpc) is 2.50. The van der Waals surface area contributed by atoms with Crippen molar-refractivity contribution in [1.82, 2.24) is 5.32 Å². The summed E-state index contributed by atoms with van der Waals surface area (Å²) in [5.41, 5.74) is 1.05. The zero-order chi connectivity index (χ0) is 15.0. The van der Waals surface area contributed by atoms with Crippen LogP contribution >= 0.6 is 0 Å². The maximum Gasteiger partial charge on any atom is 0.122 e. The lowest BCUT2D eigenvalue weighted by Crippen LogP contribution is -2.51. The third kappa shape index (κ3) is 4.22. The van der Waals surface area contributed by atoms with Crippen molar-refractivity contribution in [3.63, 3.8) is 0 Å². The van der Waals surface area contributed by atoms with Gasteiger partial charge in [0.1, 0.15) is 5.75 Å². The molecule has 3 heteroatoms. The van der Waals surface area contributed by atoms with E-state index in [0.717, 1.165) is 31.6 Å². The SMILES string of the molecule is CCCNC(Cc1ccccc1OC)C(C)(CC)OC. The van der Waals surface area contributed by atoms with E-state index in [-0.39, 0.29) is 11.6 Å². The smallest absolute Gasteiger partial charge is 0.122 e. The molecule has 1 N–H and O–H groups in total. The summed E-state index contributed by atoms with van der Waals surface area (Å²) in [7, 11) is 3.52. The molecule has 114 valence electrons. The largest absolute Gasteiger partial charge is 0.496 e. The third-order valence-electron chi connectivity index (χ3n) is 4.16. The van der Waals surface area contributed by atoms with Gasteiger partial charge in [0.15, 0.2) is 0 Å². The van der Waals surface area contributed by atoms with Crippen molar-refractivity contribution in [3.8, 4) is 5.75 Å². The molecule has 1 aromatic rings. The number of rotatable bonds is 9. The van der Waals surface area contributed by atoms with E-state index in [2.05, 4.69) is 38.2 Å². The Kier molecular flexibility index (Phi) is 7.03. The molecule has 0 saturated heterocycles. The predicted octanol–water partition coefficient (Wildman–Crippen LogP) is 3.42. The summed E-state index contributed by atoms with van der Waals surface area (Å²) < 4.78 is 11.3. The van der Waals surface area contributed by atoms with Gasteiger partial charge in [-0.1, -0.05) is 32.0 Å². The van der Waals surface area contributed by atoms with Gasteiger partial charge < -0.3 is 14.8 Å². The molecule has 0 aliphatic carbocycles. The molecule has 0 aromatic heterocycles. The highest BCUT2D eigenvalue weighted by Crippen LogP contribution is 2.26. The van der Waals surface area contributed by atoms with Gasteiger partial charge in [0.05, 0.1) is 12.7 Å². The molecule has 0 saturated carbocycles. The normalized spacial score (nSPS) is 15.7. The number of hydrogen-bond acceptors (Lipinski definition) is 3. The molecule has 0 heterocycles. The van der Waals surface area contributed by atoms with Crippen molar-refractivity contribution >= 4 is 0 Å². The fourth-order valence-electron chi connectivity index (χ4n) is 2.45. The van der Waals surface area contributed by atoms with Gasteiger partial charge in [0.2, 0.25) is 0 Å². The minimum atomic E-state index is -0.171. The van der Waals surface area contributed by atoms with Crippen LogP contribution in [-0.2, 0) is 11.2 Å². The Morgan fingerprint density at radius 2 is 1.90 bits per heavy atom. The minimum Gasteiger partial charge on any atom is -0.496 e. The number of methoxy groups -OCH3 is 2. The highest BCUT2D eigenvalue weighted by atomic mass is 16.5. The molecule has 1 rings (SSSR count). The first-order chi connectivity index (χ1) is 9.61. The summed E-state index contributed by atoms with van der Waals surface area (Å²) in [4.78, 5) is 0. The number of para-hydroxylation sites is 1.